The normalized spacial score (nSPS) is 16.0. The molecule has 0 fully saturated rings. The predicted octanol–water partition coefficient (Wildman–Crippen LogP) is 2.68. The first kappa shape index (κ1) is 9.65. The van der Waals surface area contributed by atoms with E-state index in [-0.39, 0.29) is 0 Å². The van der Waals surface area contributed by atoms with Gasteiger partial charge in [-0.05, 0) is 24.3 Å². The van der Waals surface area contributed by atoms with Crippen molar-refractivity contribution in [3.63, 3.8) is 0 Å². The molecule has 4 nitrogen and oxygen atoms in total. The number of fused-ring (bicyclic) bond motifs is 2. The zero-order valence-electron chi connectivity index (χ0n) is 9.93. The SMILES string of the molecule is c1ccc2c(c1)NCN2N1CNc2ccccc21. The summed E-state index contributed by atoms with van der Waals surface area (Å²) < 4.78 is 0. The molecule has 2 heterocycles. The minimum atomic E-state index is 0.815. The molecule has 0 saturated heterocycles. The van der Waals surface area contributed by atoms with Crippen LogP contribution < -0.4 is 20.7 Å². The summed E-state index contributed by atoms with van der Waals surface area (Å²) in [5.41, 5.74) is 4.86. The fraction of sp³-hybridized carbons (Fsp3) is 0.143. The van der Waals surface area contributed by atoms with E-state index >= 15 is 0 Å². The minimum Gasteiger partial charge on any atom is -0.365 e. The zero-order chi connectivity index (χ0) is 11.9. The Kier molecular flexibility index (Phi) is 1.91. The molecule has 0 spiro atoms. The van der Waals surface area contributed by atoms with Crippen LogP contribution in [0.5, 0.6) is 0 Å². The fourth-order valence-electron chi connectivity index (χ4n) is 2.62. The molecule has 2 N–H and O–H groups in total. The average Bonchev–Trinajstić information content (AvgIpc) is 3.01. The molecule has 0 unspecified atom stereocenters. The van der Waals surface area contributed by atoms with Crippen LogP contribution in [0.4, 0.5) is 22.7 Å². The molecule has 0 amide bonds. The molecule has 0 atom stereocenters. The van der Waals surface area contributed by atoms with Gasteiger partial charge in [-0.25, -0.2) is 0 Å². The molecule has 0 aromatic heterocycles. The molecule has 2 aromatic rings. The first-order valence-corrected chi connectivity index (χ1v) is 6.14. The molecule has 2 aliphatic heterocycles. The summed E-state index contributed by atoms with van der Waals surface area (Å²) in [7, 11) is 0. The Labute approximate surface area is 106 Å². The van der Waals surface area contributed by atoms with Crippen molar-refractivity contribution in [3.8, 4) is 0 Å². The molecule has 2 aliphatic rings. The monoisotopic (exact) mass is 238 g/mol. The van der Waals surface area contributed by atoms with Crippen molar-refractivity contribution < 1.29 is 0 Å². The van der Waals surface area contributed by atoms with Crippen LogP contribution in [0.15, 0.2) is 48.5 Å². The Morgan fingerprint density at radius 3 is 1.61 bits per heavy atom. The second-order valence-corrected chi connectivity index (χ2v) is 4.50. The summed E-state index contributed by atoms with van der Waals surface area (Å²) >= 11 is 0. The van der Waals surface area contributed by atoms with Gasteiger partial charge in [-0.15, -0.1) is 0 Å². The van der Waals surface area contributed by atoms with E-state index in [1.54, 1.807) is 0 Å². The highest BCUT2D eigenvalue weighted by atomic mass is 15.7. The number of benzene rings is 2. The molecule has 0 aliphatic carbocycles. The Morgan fingerprint density at radius 2 is 1.11 bits per heavy atom. The van der Waals surface area contributed by atoms with Gasteiger partial charge in [-0.1, -0.05) is 24.3 Å². The van der Waals surface area contributed by atoms with Crippen LogP contribution >= 0.6 is 0 Å². The standard InChI is InChI=1S/C14H14N4/c1-3-7-13-11(5-1)15-9-17(13)18-10-16-12-6-2-4-8-14(12)18/h1-8,15-16H,9-10H2. The number of hydrazine groups is 1. The van der Waals surface area contributed by atoms with Gasteiger partial charge in [0.2, 0.25) is 0 Å². The number of anilines is 4. The summed E-state index contributed by atoms with van der Waals surface area (Å²) in [6.45, 7) is 1.63. The molecule has 90 valence electrons. The summed E-state index contributed by atoms with van der Waals surface area (Å²) in [6, 6.07) is 16.8. The van der Waals surface area contributed by atoms with Gasteiger partial charge in [0.25, 0.3) is 0 Å². The second-order valence-electron chi connectivity index (χ2n) is 4.50. The maximum absolute atomic E-state index is 3.41. The number of nitrogens with one attached hydrogen (secondary N) is 2. The van der Waals surface area contributed by atoms with Crippen molar-refractivity contribution in [2.45, 2.75) is 0 Å². The lowest BCUT2D eigenvalue weighted by molar-refractivity contribution is 0.810. The Balaban J connectivity index is 1.75. The lowest BCUT2D eigenvalue weighted by atomic mass is 10.2. The largest absolute Gasteiger partial charge is 0.365 e. The average molecular weight is 238 g/mol. The van der Waals surface area contributed by atoms with Crippen LogP contribution in [0.1, 0.15) is 0 Å². The van der Waals surface area contributed by atoms with Gasteiger partial charge in [-0.2, -0.15) is 0 Å². The number of para-hydroxylation sites is 4. The van der Waals surface area contributed by atoms with E-state index in [9.17, 15) is 0 Å². The summed E-state index contributed by atoms with van der Waals surface area (Å²) in [4.78, 5) is 0. The number of rotatable bonds is 1. The van der Waals surface area contributed by atoms with Crippen molar-refractivity contribution in [2.75, 3.05) is 34.0 Å². The molecule has 18 heavy (non-hydrogen) atoms. The second kappa shape index (κ2) is 3.57. The molecule has 0 saturated carbocycles. The smallest absolute Gasteiger partial charge is 0.108 e. The molecule has 4 rings (SSSR count). The third-order valence-electron chi connectivity index (χ3n) is 3.49. The van der Waals surface area contributed by atoms with Crippen molar-refractivity contribution in [2.24, 2.45) is 0 Å². The van der Waals surface area contributed by atoms with Crippen molar-refractivity contribution in [1.82, 2.24) is 0 Å². The van der Waals surface area contributed by atoms with Gasteiger partial charge in [0.1, 0.15) is 13.3 Å². The minimum absolute atomic E-state index is 0.815. The maximum Gasteiger partial charge on any atom is 0.108 e. The van der Waals surface area contributed by atoms with Gasteiger partial charge < -0.3 is 10.6 Å². The van der Waals surface area contributed by atoms with Gasteiger partial charge in [0.15, 0.2) is 0 Å². The van der Waals surface area contributed by atoms with E-state index in [2.05, 4.69) is 69.2 Å². The van der Waals surface area contributed by atoms with E-state index in [0.29, 0.717) is 0 Å². The van der Waals surface area contributed by atoms with Gasteiger partial charge in [-0.3, -0.25) is 10.0 Å². The van der Waals surface area contributed by atoms with E-state index < -0.39 is 0 Å². The van der Waals surface area contributed by atoms with Crippen molar-refractivity contribution >= 4 is 22.7 Å². The Bertz CT molecular complexity index is 542. The van der Waals surface area contributed by atoms with Gasteiger partial charge >= 0.3 is 0 Å². The van der Waals surface area contributed by atoms with E-state index in [0.717, 1.165) is 13.3 Å². The van der Waals surface area contributed by atoms with E-state index in [4.69, 9.17) is 0 Å². The fourth-order valence-corrected chi connectivity index (χ4v) is 2.62. The summed E-state index contributed by atoms with van der Waals surface area (Å²) in [6.07, 6.45) is 0. The maximum atomic E-state index is 3.41. The molecule has 4 heteroatoms. The quantitative estimate of drug-likeness (QED) is 0.799. The highest BCUT2D eigenvalue weighted by molar-refractivity contribution is 5.82. The summed E-state index contributed by atoms with van der Waals surface area (Å²) in [5, 5.41) is 11.4. The van der Waals surface area contributed by atoms with Crippen LogP contribution in [0.3, 0.4) is 0 Å². The first-order chi connectivity index (χ1) is 8.93. The zero-order valence-corrected chi connectivity index (χ0v) is 9.93. The lowest BCUT2D eigenvalue weighted by Crippen LogP contribution is -2.42. The molecule has 2 aromatic carbocycles. The van der Waals surface area contributed by atoms with Crippen LogP contribution in [0.25, 0.3) is 0 Å². The van der Waals surface area contributed by atoms with Gasteiger partial charge in [0.05, 0.1) is 22.7 Å². The first-order valence-electron chi connectivity index (χ1n) is 6.14. The Morgan fingerprint density at radius 1 is 0.667 bits per heavy atom. The van der Waals surface area contributed by atoms with Crippen LogP contribution in [0, 0.1) is 0 Å². The lowest BCUT2D eigenvalue weighted by Gasteiger charge is -2.30. The number of hydrogen-bond donors (Lipinski definition) is 2. The van der Waals surface area contributed by atoms with Gasteiger partial charge in [0, 0.05) is 0 Å². The third kappa shape index (κ3) is 1.26. The van der Waals surface area contributed by atoms with E-state index in [1.807, 2.05) is 0 Å². The number of nitrogens with zero attached hydrogens (tertiary/aromatic N) is 2. The topological polar surface area (TPSA) is 30.5 Å². The highest BCUT2D eigenvalue weighted by Gasteiger charge is 2.28. The highest BCUT2D eigenvalue weighted by Crippen LogP contribution is 2.38. The summed E-state index contributed by atoms with van der Waals surface area (Å²) in [5.74, 6) is 0. The van der Waals surface area contributed by atoms with E-state index in [1.165, 1.54) is 22.7 Å². The third-order valence-corrected chi connectivity index (χ3v) is 3.49. The van der Waals surface area contributed by atoms with Crippen LogP contribution in [-0.2, 0) is 0 Å². The number of hydrogen-bond acceptors (Lipinski definition) is 4. The molecule has 0 radical (unpaired) electrons. The molecular formula is C14H14N4. The Hall–Kier alpha value is -2.36. The predicted molar refractivity (Wildman–Crippen MR) is 74.8 cm³/mol. The van der Waals surface area contributed by atoms with Crippen LogP contribution in [0.2, 0.25) is 0 Å². The van der Waals surface area contributed by atoms with Crippen molar-refractivity contribution in [1.29, 1.82) is 0 Å². The molecular weight excluding hydrogens is 224 g/mol. The molecule has 0 bridgehead atoms. The van der Waals surface area contributed by atoms with Crippen LogP contribution in [-0.4, -0.2) is 13.3 Å². The van der Waals surface area contributed by atoms with Crippen molar-refractivity contribution in [3.05, 3.63) is 48.5 Å².